The SMILES string of the molecule is CCOCCCC(=O)N1CCCC1CCCN. The summed E-state index contributed by atoms with van der Waals surface area (Å²) < 4.78 is 5.25. The van der Waals surface area contributed by atoms with Crippen molar-refractivity contribution >= 4 is 5.91 Å². The van der Waals surface area contributed by atoms with Crippen LogP contribution in [0.2, 0.25) is 0 Å². The zero-order chi connectivity index (χ0) is 12.5. The lowest BCUT2D eigenvalue weighted by atomic mass is 10.1. The van der Waals surface area contributed by atoms with E-state index in [-0.39, 0.29) is 0 Å². The first kappa shape index (κ1) is 14.5. The summed E-state index contributed by atoms with van der Waals surface area (Å²) in [6.07, 6.45) is 5.84. The highest BCUT2D eigenvalue weighted by molar-refractivity contribution is 5.76. The molecule has 1 amide bonds. The number of ether oxygens (including phenoxy) is 1. The van der Waals surface area contributed by atoms with Gasteiger partial charge < -0.3 is 15.4 Å². The summed E-state index contributed by atoms with van der Waals surface area (Å²) >= 11 is 0. The summed E-state index contributed by atoms with van der Waals surface area (Å²) in [5, 5.41) is 0. The van der Waals surface area contributed by atoms with Crippen molar-refractivity contribution in [1.82, 2.24) is 4.90 Å². The normalized spacial score (nSPS) is 19.9. The number of hydrogen-bond acceptors (Lipinski definition) is 3. The van der Waals surface area contributed by atoms with E-state index >= 15 is 0 Å². The Labute approximate surface area is 104 Å². The van der Waals surface area contributed by atoms with E-state index in [0.717, 1.165) is 51.8 Å². The van der Waals surface area contributed by atoms with E-state index in [0.29, 0.717) is 25.0 Å². The summed E-state index contributed by atoms with van der Waals surface area (Å²) in [6.45, 7) is 5.07. The Kier molecular flexibility index (Phi) is 7.21. The van der Waals surface area contributed by atoms with Gasteiger partial charge in [-0.25, -0.2) is 0 Å². The molecular weight excluding hydrogens is 216 g/mol. The van der Waals surface area contributed by atoms with E-state index in [1.54, 1.807) is 0 Å². The Bertz CT molecular complexity index is 221. The largest absolute Gasteiger partial charge is 0.382 e. The standard InChI is InChI=1S/C13H26N2O2/c1-2-17-11-5-8-13(16)15-10-4-7-12(15)6-3-9-14/h12H,2-11,14H2,1H3. The third-order valence-corrected chi connectivity index (χ3v) is 3.32. The van der Waals surface area contributed by atoms with Crippen LogP contribution in [0.25, 0.3) is 0 Å². The molecule has 1 atom stereocenters. The van der Waals surface area contributed by atoms with Gasteiger partial charge in [0.05, 0.1) is 0 Å². The second-order valence-electron chi connectivity index (χ2n) is 4.61. The van der Waals surface area contributed by atoms with E-state index in [4.69, 9.17) is 10.5 Å². The van der Waals surface area contributed by atoms with Gasteiger partial charge in [0.25, 0.3) is 0 Å². The van der Waals surface area contributed by atoms with Crippen LogP contribution in [0, 0.1) is 0 Å². The summed E-state index contributed by atoms with van der Waals surface area (Å²) in [4.78, 5) is 14.1. The van der Waals surface area contributed by atoms with Crippen LogP contribution in [0.15, 0.2) is 0 Å². The summed E-state index contributed by atoms with van der Waals surface area (Å²) in [5.41, 5.74) is 5.52. The van der Waals surface area contributed by atoms with Crippen molar-refractivity contribution < 1.29 is 9.53 Å². The van der Waals surface area contributed by atoms with Crippen LogP contribution in [-0.4, -0.2) is 43.2 Å². The van der Waals surface area contributed by atoms with Crippen LogP contribution in [0.4, 0.5) is 0 Å². The predicted molar refractivity (Wildman–Crippen MR) is 68.8 cm³/mol. The van der Waals surface area contributed by atoms with Gasteiger partial charge in [-0.1, -0.05) is 0 Å². The molecule has 1 fully saturated rings. The molecule has 1 saturated heterocycles. The first-order valence-corrected chi connectivity index (χ1v) is 6.86. The molecule has 1 heterocycles. The van der Waals surface area contributed by atoms with Gasteiger partial charge in [-0.15, -0.1) is 0 Å². The topological polar surface area (TPSA) is 55.6 Å². The number of nitrogens with zero attached hydrogens (tertiary/aromatic N) is 1. The number of nitrogens with two attached hydrogens (primary N) is 1. The zero-order valence-electron chi connectivity index (χ0n) is 11.0. The van der Waals surface area contributed by atoms with Gasteiger partial charge in [0.15, 0.2) is 0 Å². The second kappa shape index (κ2) is 8.48. The molecule has 0 bridgehead atoms. The molecule has 1 rings (SSSR count). The van der Waals surface area contributed by atoms with Gasteiger partial charge in [0.1, 0.15) is 0 Å². The van der Waals surface area contributed by atoms with E-state index in [9.17, 15) is 4.79 Å². The van der Waals surface area contributed by atoms with Crippen molar-refractivity contribution in [2.45, 2.75) is 51.5 Å². The van der Waals surface area contributed by atoms with E-state index < -0.39 is 0 Å². The minimum Gasteiger partial charge on any atom is -0.382 e. The molecule has 0 saturated carbocycles. The van der Waals surface area contributed by atoms with Crippen molar-refractivity contribution in [2.24, 2.45) is 5.73 Å². The first-order chi connectivity index (χ1) is 8.29. The molecule has 0 aromatic heterocycles. The molecule has 0 spiro atoms. The minimum atomic E-state index is 0.296. The number of carbonyl (C=O) groups is 1. The lowest BCUT2D eigenvalue weighted by Crippen LogP contribution is -2.35. The average Bonchev–Trinajstić information content (AvgIpc) is 2.80. The van der Waals surface area contributed by atoms with Crippen LogP contribution in [0.3, 0.4) is 0 Å². The van der Waals surface area contributed by atoms with Gasteiger partial charge >= 0.3 is 0 Å². The third kappa shape index (κ3) is 5.04. The Morgan fingerprint density at radius 3 is 3.00 bits per heavy atom. The van der Waals surface area contributed by atoms with E-state index in [1.165, 1.54) is 0 Å². The lowest BCUT2D eigenvalue weighted by molar-refractivity contribution is -0.132. The highest BCUT2D eigenvalue weighted by Crippen LogP contribution is 2.22. The molecule has 0 aromatic rings. The molecular formula is C13H26N2O2. The predicted octanol–water partition coefficient (Wildman–Crippen LogP) is 1.53. The summed E-state index contributed by atoms with van der Waals surface area (Å²) in [6, 6.07) is 0.443. The lowest BCUT2D eigenvalue weighted by Gasteiger charge is -2.24. The Balaban J connectivity index is 2.24. The van der Waals surface area contributed by atoms with E-state index in [2.05, 4.69) is 4.90 Å². The maximum absolute atomic E-state index is 12.0. The van der Waals surface area contributed by atoms with Crippen LogP contribution in [0.1, 0.15) is 45.4 Å². The highest BCUT2D eigenvalue weighted by atomic mass is 16.5. The molecule has 2 N–H and O–H groups in total. The summed E-state index contributed by atoms with van der Waals surface area (Å²) in [5.74, 6) is 0.296. The highest BCUT2D eigenvalue weighted by Gasteiger charge is 2.27. The van der Waals surface area contributed by atoms with Crippen molar-refractivity contribution in [2.75, 3.05) is 26.3 Å². The third-order valence-electron chi connectivity index (χ3n) is 3.32. The van der Waals surface area contributed by atoms with Gasteiger partial charge in [0, 0.05) is 32.2 Å². The first-order valence-electron chi connectivity index (χ1n) is 6.86. The quantitative estimate of drug-likeness (QED) is 0.657. The van der Waals surface area contributed by atoms with E-state index in [1.807, 2.05) is 6.92 Å². The van der Waals surface area contributed by atoms with Crippen molar-refractivity contribution in [3.63, 3.8) is 0 Å². The number of hydrogen-bond donors (Lipinski definition) is 1. The van der Waals surface area contributed by atoms with Crippen LogP contribution in [-0.2, 0) is 9.53 Å². The smallest absolute Gasteiger partial charge is 0.222 e. The Morgan fingerprint density at radius 2 is 2.29 bits per heavy atom. The number of amides is 1. The van der Waals surface area contributed by atoms with Crippen LogP contribution < -0.4 is 5.73 Å². The average molecular weight is 242 g/mol. The zero-order valence-corrected chi connectivity index (χ0v) is 11.0. The molecule has 17 heavy (non-hydrogen) atoms. The maximum atomic E-state index is 12.0. The second-order valence-corrected chi connectivity index (χ2v) is 4.61. The fraction of sp³-hybridized carbons (Fsp3) is 0.923. The van der Waals surface area contributed by atoms with Gasteiger partial charge in [-0.05, 0) is 45.6 Å². The minimum absolute atomic E-state index is 0.296. The van der Waals surface area contributed by atoms with Crippen LogP contribution >= 0.6 is 0 Å². The van der Waals surface area contributed by atoms with Crippen molar-refractivity contribution in [3.8, 4) is 0 Å². The molecule has 4 nitrogen and oxygen atoms in total. The molecule has 0 aromatic carbocycles. The number of rotatable bonds is 8. The summed E-state index contributed by atoms with van der Waals surface area (Å²) in [7, 11) is 0. The maximum Gasteiger partial charge on any atom is 0.222 e. The molecule has 1 aliphatic heterocycles. The van der Waals surface area contributed by atoms with Crippen molar-refractivity contribution in [3.05, 3.63) is 0 Å². The number of likely N-dealkylation sites (tertiary alicyclic amines) is 1. The fourth-order valence-electron chi connectivity index (χ4n) is 2.43. The molecule has 0 radical (unpaired) electrons. The molecule has 0 aliphatic carbocycles. The van der Waals surface area contributed by atoms with Gasteiger partial charge in [-0.3, -0.25) is 4.79 Å². The monoisotopic (exact) mass is 242 g/mol. The fourth-order valence-corrected chi connectivity index (χ4v) is 2.43. The number of carbonyl (C=O) groups excluding carboxylic acids is 1. The Morgan fingerprint density at radius 1 is 1.47 bits per heavy atom. The molecule has 4 heteroatoms. The molecule has 100 valence electrons. The Hall–Kier alpha value is -0.610. The van der Waals surface area contributed by atoms with Gasteiger partial charge in [-0.2, -0.15) is 0 Å². The van der Waals surface area contributed by atoms with Crippen molar-refractivity contribution in [1.29, 1.82) is 0 Å². The molecule has 1 aliphatic rings. The van der Waals surface area contributed by atoms with Crippen LogP contribution in [0.5, 0.6) is 0 Å². The molecule has 1 unspecified atom stereocenters. The van der Waals surface area contributed by atoms with Gasteiger partial charge in [0.2, 0.25) is 5.91 Å².